The second-order valence-electron chi connectivity index (χ2n) is 6.39. The van der Waals surface area contributed by atoms with Crippen LogP contribution in [0.3, 0.4) is 0 Å². The zero-order valence-corrected chi connectivity index (χ0v) is 13.9. The lowest BCUT2D eigenvalue weighted by Crippen LogP contribution is -2.36. The van der Waals surface area contributed by atoms with E-state index in [4.69, 9.17) is 0 Å². The van der Waals surface area contributed by atoms with Gasteiger partial charge in [0.2, 0.25) is 0 Å². The summed E-state index contributed by atoms with van der Waals surface area (Å²) >= 11 is 0. The van der Waals surface area contributed by atoms with Gasteiger partial charge in [-0.05, 0) is 56.3 Å². The maximum Gasteiger partial charge on any atom is 0.0684 e. The molecule has 3 rings (SSSR count). The molecule has 0 aromatic heterocycles. The van der Waals surface area contributed by atoms with Gasteiger partial charge in [0.05, 0.1) is 8.22 Å². The van der Waals surface area contributed by atoms with Crippen LogP contribution in [0.2, 0.25) is 0 Å². The van der Waals surface area contributed by atoms with Crippen molar-refractivity contribution < 1.29 is 0 Å². The van der Waals surface area contributed by atoms with Crippen molar-refractivity contribution >= 4 is 8.22 Å². The highest BCUT2D eigenvalue weighted by Crippen LogP contribution is 2.57. The third-order valence-electron chi connectivity index (χ3n) is 4.81. The van der Waals surface area contributed by atoms with Crippen molar-refractivity contribution in [2.24, 2.45) is 0 Å². The Kier molecular flexibility index (Phi) is 5.31. The van der Waals surface area contributed by atoms with E-state index in [1.807, 2.05) is 0 Å². The van der Waals surface area contributed by atoms with Crippen LogP contribution in [-0.2, 0) is 0 Å². The van der Waals surface area contributed by atoms with Crippen molar-refractivity contribution in [3.05, 3.63) is 23.0 Å². The normalized spacial score (nSPS) is 26.5. The van der Waals surface area contributed by atoms with Crippen molar-refractivity contribution in [2.45, 2.75) is 58.3 Å². The minimum absolute atomic E-state index is 0.159. The van der Waals surface area contributed by atoms with Crippen LogP contribution in [0.25, 0.3) is 0 Å². The fraction of sp³-hybridized carbons (Fsp3) is 0.765. The molecule has 3 aliphatic rings. The van der Waals surface area contributed by atoms with Gasteiger partial charge in [-0.3, -0.25) is 9.34 Å². The third-order valence-corrected chi connectivity index (χ3v) is 7.74. The third kappa shape index (κ3) is 3.35. The Morgan fingerprint density at radius 3 is 1.90 bits per heavy atom. The SMILES string of the molecule is CC1=C(P(N2CCCCC2)N2CCCCC2)CCC=C1. The zero-order chi connectivity index (χ0) is 13.8. The Morgan fingerprint density at radius 2 is 1.40 bits per heavy atom. The van der Waals surface area contributed by atoms with Crippen molar-refractivity contribution in [3.8, 4) is 0 Å². The molecule has 0 bridgehead atoms. The smallest absolute Gasteiger partial charge is 0.0684 e. The first-order valence-electron chi connectivity index (χ1n) is 8.52. The van der Waals surface area contributed by atoms with Gasteiger partial charge in [0.1, 0.15) is 0 Å². The fourth-order valence-corrected chi connectivity index (χ4v) is 6.77. The van der Waals surface area contributed by atoms with E-state index >= 15 is 0 Å². The van der Waals surface area contributed by atoms with Gasteiger partial charge in [-0.1, -0.05) is 25.0 Å². The van der Waals surface area contributed by atoms with Crippen molar-refractivity contribution in [2.75, 3.05) is 26.2 Å². The van der Waals surface area contributed by atoms with Crippen LogP contribution < -0.4 is 0 Å². The highest BCUT2D eigenvalue weighted by molar-refractivity contribution is 7.57. The molecule has 0 aromatic carbocycles. The topological polar surface area (TPSA) is 6.48 Å². The van der Waals surface area contributed by atoms with Crippen LogP contribution in [0.5, 0.6) is 0 Å². The van der Waals surface area contributed by atoms with Gasteiger partial charge >= 0.3 is 0 Å². The molecule has 3 heteroatoms. The van der Waals surface area contributed by atoms with Gasteiger partial charge < -0.3 is 0 Å². The number of hydrogen-bond acceptors (Lipinski definition) is 2. The predicted molar refractivity (Wildman–Crippen MR) is 88.8 cm³/mol. The van der Waals surface area contributed by atoms with Crippen LogP contribution in [0.1, 0.15) is 58.3 Å². The van der Waals surface area contributed by atoms with Gasteiger partial charge in [-0.2, -0.15) is 0 Å². The Balaban J connectivity index is 1.83. The average molecular weight is 292 g/mol. The van der Waals surface area contributed by atoms with Crippen molar-refractivity contribution in [1.29, 1.82) is 0 Å². The summed E-state index contributed by atoms with van der Waals surface area (Å²) in [5, 5.41) is 1.78. The fourth-order valence-electron chi connectivity index (χ4n) is 3.68. The summed E-state index contributed by atoms with van der Waals surface area (Å²) in [5.41, 5.74) is 1.57. The molecule has 0 aromatic rings. The minimum Gasteiger partial charge on any atom is -0.266 e. The molecule has 0 radical (unpaired) electrons. The molecule has 2 saturated heterocycles. The summed E-state index contributed by atoms with van der Waals surface area (Å²) in [5.74, 6) is 0. The van der Waals surface area contributed by atoms with E-state index in [2.05, 4.69) is 28.4 Å². The first kappa shape index (κ1) is 14.8. The maximum atomic E-state index is 2.85. The first-order chi connectivity index (χ1) is 9.86. The number of hydrogen-bond donors (Lipinski definition) is 0. The average Bonchev–Trinajstić information content (AvgIpc) is 2.52. The van der Waals surface area contributed by atoms with Crippen LogP contribution in [0, 0.1) is 0 Å². The quantitative estimate of drug-likeness (QED) is 0.683. The van der Waals surface area contributed by atoms with Gasteiger partial charge in [0, 0.05) is 26.2 Å². The summed E-state index contributed by atoms with van der Waals surface area (Å²) in [6.45, 7) is 7.69. The molecule has 1 aliphatic carbocycles. The molecule has 0 amide bonds. The lowest BCUT2D eigenvalue weighted by atomic mass is 10.1. The van der Waals surface area contributed by atoms with Crippen LogP contribution in [0.15, 0.2) is 23.0 Å². The summed E-state index contributed by atoms with van der Waals surface area (Å²) < 4.78 is 5.70. The molecule has 0 saturated carbocycles. The largest absolute Gasteiger partial charge is 0.266 e. The predicted octanol–water partition coefficient (Wildman–Crippen LogP) is 4.89. The maximum absolute atomic E-state index is 2.85. The number of allylic oxidation sites excluding steroid dienone is 4. The molecule has 2 nitrogen and oxygen atoms in total. The van der Waals surface area contributed by atoms with E-state index in [1.165, 1.54) is 77.5 Å². The Bertz CT molecular complexity index is 358. The standard InChI is InChI=1S/C17H29N2P/c1-16-10-4-5-11-17(16)20(18-12-6-2-7-13-18)19-14-8-3-9-15-19/h4,10H,2-3,5-9,11-15H2,1H3. The van der Waals surface area contributed by atoms with Crippen LogP contribution in [0.4, 0.5) is 0 Å². The molecule has 0 spiro atoms. The molecule has 0 unspecified atom stereocenters. The minimum atomic E-state index is -0.159. The van der Waals surface area contributed by atoms with E-state index in [0.717, 1.165) is 0 Å². The van der Waals surface area contributed by atoms with Gasteiger partial charge in [0.25, 0.3) is 0 Å². The van der Waals surface area contributed by atoms with Gasteiger partial charge in [-0.15, -0.1) is 0 Å². The Morgan fingerprint density at radius 1 is 0.850 bits per heavy atom. The summed E-state index contributed by atoms with van der Waals surface area (Å²) in [4.78, 5) is 0. The van der Waals surface area contributed by atoms with Crippen molar-refractivity contribution in [1.82, 2.24) is 9.34 Å². The second kappa shape index (κ2) is 7.20. The Hall–Kier alpha value is -0.170. The number of rotatable bonds is 3. The zero-order valence-electron chi connectivity index (χ0n) is 13.0. The van der Waals surface area contributed by atoms with Gasteiger partial charge in [-0.25, -0.2) is 0 Å². The van der Waals surface area contributed by atoms with Crippen LogP contribution in [-0.4, -0.2) is 35.5 Å². The summed E-state index contributed by atoms with van der Waals surface area (Å²) in [6.07, 6.45) is 15.8. The van der Waals surface area contributed by atoms with Crippen LogP contribution >= 0.6 is 8.22 Å². The molecule has 0 atom stereocenters. The van der Waals surface area contributed by atoms with E-state index in [-0.39, 0.29) is 8.22 Å². The Labute approximate surface area is 125 Å². The molecular formula is C17H29N2P. The molecular weight excluding hydrogens is 263 g/mol. The lowest BCUT2D eigenvalue weighted by Gasteiger charge is -2.44. The number of piperidine rings is 2. The summed E-state index contributed by atoms with van der Waals surface area (Å²) in [6, 6.07) is 0. The van der Waals surface area contributed by atoms with E-state index in [9.17, 15) is 0 Å². The summed E-state index contributed by atoms with van der Waals surface area (Å²) in [7, 11) is -0.159. The van der Waals surface area contributed by atoms with E-state index in [0.29, 0.717) is 0 Å². The van der Waals surface area contributed by atoms with Gasteiger partial charge in [0.15, 0.2) is 0 Å². The molecule has 2 heterocycles. The highest BCUT2D eigenvalue weighted by Gasteiger charge is 2.31. The molecule has 0 N–H and O–H groups in total. The highest BCUT2D eigenvalue weighted by atomic mass is 31.1. The molecule has 112 valence electrons. The number of nitrogens with zero attached hydrogens (tertiary/aromatic N) is 2. The second-order valence-corrected chi connectivity index (χ2v) is 8.64. The molecule has 2 aliphatic heterocycles. The van der Waals surface area contributed by atoms with E-state index < -0.39 is 0 Å². The molecule has 2 fully saturated rings. The lowest BCUT2D eigenvalue weighted by molar-refractivity contribution is 0.312. The van der Waals surface area contributed by atoms with E-state index in [1.54, 1.807) is 10.9 Å². The molecule has 20 heavy (non-hydrogen) atoms. The van der Waals surface area contributed by atoms with Crippen molar-refractivity contribution in [3.63, 3.8) is 0 Å². The monoisotopic (exact) mass is 292 g/mol. The first-order valence-corrected chi connectivity index (χ1v) is 9.77.